The molecular formula is C20H29BrN2O4. The smallest absolute Gasteiger partial charge is 0.293 e. The quantitative estimate of drug-likeness (QED) is 0.494. The molecule has 7 heteroatoms. The van der Waals surface area contributed by atoms with Crippen molar-refractivity contribution in [2.45, 2.75) is 70.7 Å². The Balaban J connectivity index is 0.000000251. The van der Waals surface area contributed by atoms with E-state index in [1.807, 2.05) is 6.92 Å². The van der Waals surface area contributed by atoms with Crippen molar-refractivity contribution in [3.63, 3.8) is 0 Å². The number of aromatic nitrogens is 2. The van der Waals surface area contributed by atoms with Crippen molar-refractivity contribution in [2.75, 3.05) is 0 Å². The Hall–Kier alpha value is -1.89. The van der Waals surface area contributed by atoms with Crippen LogP contribution in [0.15, 0.2) is 22.9 Å². The van der Waals surface area contributed by atoms with Crippen molar-refractivity contribution in [2.24, 2.45) is 0 Å². The zero-order chi connectivity index (χ0) is 20.1. The van der Waals surface area contributed by atoms with Gasteiger partial charge in [0.1, 0.15) is 11.4 Å². The number of aromatic hydroxyl groups is 1. The molecule has 2 aromatic rings. The van der Waals surface area contributed by atoms with Gasteiger partial charge in [-0.2, -0.15) is 0 Å². The first-order valence-corrected chi connectivity index (χ1v) is 10.4. The Morgan fingerprint density at radius 2 is 1.81 bits per heavy atom. The molecule has 0 saturated heterocycles. The Kier molecular flexibility index (Phi) is 11.4. The molecule has 1 saturated carbocycles. The lowest BCUT2D eigenvalue weighted by Gasteiger charge is -2.05. The van der Waals surface area contributed by atoms with Crippen molar-refractivity contribution in [1.82, 2.24) is 10.1 Å². The molecule has 0 aromatic carbocycles. The van der Waals surface area contributed by atoms with Crippen LogP contribution in [0.5, 0.6) is 5.75 Å². The van der Waals surface area contributed by atoms with Crippen LogP contribution in [0.25, 0.3) is 11.5 Å². The Labute approximate surface area is 169 Å². The summed E-state index contributed by atoms with van der Waals surface area (Å²) < 4.78 is 9.55. The fourth-order valence-electron chi connectivity index (χ4n) is 2.44. The van der Waals surface area contributed by atoms with E-state index < -0.39 is 0 Å². The van der Waals surface area contributed by atoms with Gasteiger partial charge in [0.25, 0.3) is 6.47 Å². The summed E-state index contributed by atoms with van der Waals surface area (Å²) in [5.41, 5.74) is 2.49. The summed E-state index contributed by atoms with van der Waals surface area (Å²) in [4.78, 5) is 13.5. The lowest BCUT2D eigenvalue weighted by atomic mass is 10.0. The summed E-state index contributed by atoms with van der Waals surface area (Å²) in [5, 5.41) is 13.7. The summed E-state index contributed by atoms with van der Waals surface area (Å²) >= 11 is 3.37. The van der Waals surface area contributed by atoms with Crippen LogP contribution < -0.4 is 0 Å². The molecule has 0 bridgehead atoms. The molecule has 1 N–H and O–H groups in total. The van der Waals surface area contributed by atoms with Gasteiger partial charge in [0.05, 0.1) is 18.0 Å². The van der Waals surface area contributed by atoms with Gasteiger partial charge in [0.2, 0.25) is 0 Å². The molecule has 1 aliphatic carbocycles. The van der Waals surface area contributed by atoms with Crippen LogP contribution in [-0.2, 0) is 14.9 Å². The van der Waals surface area contributed by atoms with Crippen LogP contribution in [0.1, 0.15) is 63.6 Å². The van der Waals surface area contributed by atoms with E-state index in [4.69, 9.17) is 9.63 Å². The first-order chi connectivity index (χ1) is 13.0. The van der Waals surface area contributed by atoms with Crippen molar-refractivity contribution in [3.05, 3.63) is 29.6 Å². The molecule has 0 aliphatic heterocycles. The van der Waals surface area contributed by atoms with Crippen molar-refractivity contribution in [3.8, 4) is 17.2 Å². The number of carbonyl (C=O) groups is 1. The molecular weight excluding hydrogens is 412 g/mol. The minimum atomic E-state index is 0.0301. The molecule has 2 aromatic heterocycles. The van der Waals surface area contributed by atoms with Crippen molar-refractivity contribution in [1.29, 1.82) is 0 Å². The number of carbonyl (C=O) groups excluding carboxylic acids is 1. The first-order valence-electron chi connectivity index (χ1n) is 9.25. The largest absolute Gasteiger partial charge is 0.506 e. The monoisotopic (exact) mass is 440 g/mol. The minimum Gasteiger partial charge on any atom is -0.506 e. The molecule has 0 atom stereocenters. The predicted molar refractivity (Wildman–Crippen MR) is 109 cm³/mol. The van der Waals surface area contributed by atoms with Crippen LogP contribution in [-0.4, -0.2) is 27.8 Å². The van der Waals surface area contributed by atoms with E-state index in [0.29, 0.717) is 23.3 Å². The highest BCUT2D eigenvalue weighted by Gasteiger charge is 2.14. The van der Waals surface area contributed by atoms with Gasteiger partial charge in [-0.15, -0.1) is 0 Å². The first kappa shape index (κ1) is 23.1. The van der Waals surface area contributed by atoms with E-state index in [2.05, 4.69) is 30.8 Å². The van der Waals surface area contributed by atoms with E-state index in [1.54, 1.807) is 26.0 Å². The Bertz CT molecular complexity index is 641. The number of hydrogen-bond donors (Lipinski definition) is 1. The fraction of sp³-hybridized carbons (Fsp3) is 0.550. The Morgan fingerprint density at radius 3 is 2.19 bits per heavy atom. The molecule has 1 aliphatic rings. The van der Waals surface area contributed by atoms with Gasteiger partial charge in [-0.3, -0.25) is 4.79 Å². The van der Waals surface area contributed by atoms with E-state index in [9.17, 15) is 4.79 Å². The minimum absolute atomic E-state index is 0.0301. The fourth-order valence-corrected chi connectivity index (χ4v) is 3.10. The lowest BCUT2D eigenvalue weighted by Crippen LogP contribution is -1.98. The second-order valence-corrected chi connectivity index (χ2v) is 7.07. The second kappa shape index (κ2) is 13.3. The Morgan fingerprint density at radius 1 is 1.22 bits per heavy atom. The number of halogens is 1. The van der Waals surface area contributed by atoms with E-state index in [1.165, 1.54) is 44.7 Å². The maximum Gasteiger partial charge on any atom is 0.293 e. The number of ether oxygens (including phenoxy) is 1. The zero-order valence-electron chi connectivity index (χ0n) is 16.3. The standard InChI is InChI=1S/C10H9BrN2O2.C6H12.C4H8O2/c1-6-8(4-11)10(15-13-6)9-3-2-7(14)5-12-9;1-2-4-6-5-3-1;1-4(2)6-3-5/h2-3,5,14H,4H2,1H3;1-6H2;3-4H,1-2H3. The van der Waals surface area contributed by atoms with Crippen LogP contribution in [0.4, 0.5) is 0 Å². The molecule has 2 heterocycles. The summed E-state index contributed by atoms with van der Waals surface area (Å²) in [5.74, 6) is 0.778. The predicted octanol–water partition coefficient (Wildman–Crippen LogP) is 5.55. The van der Waals surface area contributed by atoms with E-state index in [-0.39, 0.29) is 11.9 Å². The number of hydrogen-bond acceptors (Lipinski definition) is 6. The maximum absolute atomic E-state index is 9.39. The van der Waals surface area contributed by atoms with Crippen molar-refractivity contribution >= 4 is 22.4 Å². The number of alkyl halides is 1. The van der Waals surface area contributed by atoms with E-state index >= 15 is 0 Å². The van der Waals surface area contributed by atoms with Crippen LogP contribution >= 0.6 is 15.9 Å². The van der Waals surface area contributed by atoms with Gasteiger partial charge >= 0.3 is 0 Å². The van der Waals surface area contributed by atoms with Crippen LogP contribution in [0.3, 0.4) is 0 Å². The summed E-state index contributed by atoms with van der Waals surface area (Å²) in [6.07, 6.45) is 10.4. The summed E-state index contributed by atoms with van der Waals surface area (Å²) in [6.45, 7) is 5.93. The number of nitrogens with zero attached hydrogens (tertiary/aromatic N) is 2. The highest BCUT2D eigenvalue weighted by atomic mass is 79.9. The van der Waals surface area contributed by atoms with Gasteiger partial charge in [-0.05, 0) is 32.9 Å². The molecule has 0 spiro atoms. The lowest BCUT2D eigenvalue weighted by molar-refractivity contribution is -0.131. The number of pyridine rings is 1. The summed E-state index contributed by atoms with van der Waals surface area (Å²) in [6, 6.07) is 3.26. The van der Waals surface area contributed by atoms with Gasteiger partial charge < -0.3 is 14.4 Å². The highest BCUT2D eigenvalue weighted by Crippen LogP contribution is 2.27. The number of aryl methyl sites for hydroxylation is 1. The zero-order valence-corrected chi connectivity index (χ0v) is 17.9. The summed E-state index contributed by atoms with van der Waals surface area (Å²) in [7, 11) is 0. The average Bonchev–Trinajstić information content (AvgIpc) is 3.05. The number of rotatable bonds is 4. The van der Waals surface area contributed by atoms with Crippen molar-refractivity contribution < 1.29 is 19.2 Å². The van der Waals surface area contributed by atoms with Gasteiger partial charge in [-0.1, -0.05) is 59.6 Å². The van der Waals surface area contributed by atoms with Gasteiger partial charge in [0, 0.05) is 10.9 Å². The molecule has 0 unspecified atom stereocenters. The average molecular weight is 441 g/mol. The van der Waals surface area contributed by atoms with Gasteiger partial charge in [0.15, 0.2) is 5.76 Å². The third-order valence-corrected chi connectivity index (χ3v) is 4.49. The highest BCUT2D eigenvalue weighted by molar-refractivity contribution is 9.08. The molecule has 27 heavy (non-hydrogen) atoms. The molecule has 6 nitrogen and oxygen atoms in total. The maximum atomic E-state index is 9.39. The van der Waals surface area contributed by atoms with E-state index in [0.717, 1.165) is 11.3 Å². The molecule has 150 valence electrons. The molecule has 0 radical (unpaired) electrons. The second-order valence-electron chi connectivity index (χ2n) is 6.51. The topological polar surface area (TPSA) is 85.5 Å². The molecule has 0 amide bonds. The molecule has 1 fully saturated rings. The third kappa shape index (κ3) is 9.04. The van der Waals surface area contributed by atoms with Crippen LogP contribution in [0, 0.1) is 6.92 Å². The van der Waals surface area contributed by atoms with Crippen LogP contribution in [0.2, 0.25) is 0 Å². The third-order valence-electron chi connectivity index (χ3n) is 3.93. The van der Waals surface area contributed by atoms with Gasteiger partial charge in [-0.25, -0.2) is 4.98 Å². The SMILES string of the molecule is C1CCCCC1.CC(C)OC=O.Cc1noc(-c2ccc(O)cn2)c1CBr. The molecule has 3 rings (SSSR count). The normalized spacial score (nSPS) is 13.1.